The highest BCUT2D eigenvalue weighted by atomic mass is 79.9. The Kier molecular flexibility index (Phi) is 14.4. The fourth-order valence-electron chi connectivity index (χ4n) is 9.43. The topological polar surface area (TPSA) is 104 Å². The third-order valence-corrected chi connectivity index (χ3v) is 16.3. The second-order valence-electron chi connectivity index (χ2n) is 17.8. The molecule has 0 radical (unpaired) electrons. The Morgan fingerprint density at radius 2 is 1.09 bits per heavy atom. The number of hydrogen-bond donors (Lipinski definition) is 0. The largest absolute Gasteiger partial charge is 0.748 e. The zero-order valence-electron chi connectivity index (χ0n) is 37.5. The van der Waals surface area contributed by atoms with E-state index in [-0.39, 0.29) is 11.8 Å². The van der Waals surface area contributed by atoms with E-state index in [4.69, 9.17) is 0 Å². The molecule has 4 aromatic rings. The van der Waals surface area contributed by atoms with Crippen molar-refractivity contribution in [3.8, 4) is 0 Å². The molecule has 0 aromatic heterocycles. The number of fused-ring (bicyclic) bond motifs is 2. The molecular formula is C51H58Br2N4O5S2. The normalized spacial score (nSPS) is 20.1. The number of anilines is 4. The van der Waals surface area contributed by atoms with Gasteiger partial charge in [-0.2, -0.15) is 4.31 Å². The SMILES string of the molecule is CCCCCN1/C(=C/C=C2\CCC(=C/C=C3/N(CCCCS(=O)(=O)[O-])c4ccc(Br)cc4C3(C)C)\C2=[N+](\C)S(=O)(=O)N(c2ccccc2)c2ccccc2)C(C)(C)c2cc(Br)ccc21. The summed E-state index contributed by atoms with van der Waals surface area (Å²) in [6.07, 6.45) is 13.8. The number of nitrogens with zero attached hydrogens (tertiary/aromatic N) is 4. The Morgan fingerprint density at radius 3 is 1.52 bits per heavy atom. The van der Waals surface area contributed by atoms with Crippen molar-refractivity contribution < 1.29 is 25.4 Å². The zero-order valence-corrected chi connectivity index (χ0v) is 42.3. The quantitative estimate of drug-likeness (QED) is 0.0663. The summed E-state index contributed by atoms with van der Waals surface area (Å²) in [5.41, 5.74) is 9.46. The number of halogens is 2. The maximum atomic E-state index is 15.3. The van der Waals surface area contributed by atoms with Gasteiger partial charge in [-0.25, -0.2) is 8.42 Å². The van der Waals surface area contributed by atoms with Crippen molar-refractivity contribution in [1.82, 2.24) is 0 Å². The van der Waals surface area contributed by atoms with Gasteiger partial charge in [0.1, 0.15) is 0 Å². The number of rotatable bonds is 15. The molecular weight excluding hydrogens is 973 g/mol. The van der Waals surface area contributed by atoms with Gasteiger partial charge in [-0.3, -0.25) is 0 Å². The van der Waals surface area contributed by atoms with Crippen LogP contribution in [0.2, 0.25) is 0 Å². The monoisotopic (exact) mass is 1030 g/mol. The molecule has 0 N–H and O–H groups in total. The second kappa shape index (κ2) is 19.3. The van der Waals surface area contributed by atoms with E-state index in [0.29, 0.717) is 42.9 Å². The molecule has 1 aliphatic carbocycles. The van der Waals surface area contributed by atoms with Crippen molar-refractivity contribution in [3.63, 3.8) is 0 Å². The van der Waals surface area contributed by atoms with E-state index in [1.54, 1.807) is 7.05 Å². The summed E-state index contributed by atoms with van der Waals surface area (Å²) in [6, 6.07) is 31.1. The summed E-state index contributed by atoms with van der Waals surface area (Å²) < 4.78 is 70.0. The molecule has 0 unspecified atom stereocenters. The van der Waals surface area contributed by atoms with Crippen LogP contribution in [0.25, 0.3) is 0 Å². The lowest BCUT2D eigenvalue weighted by molar-refractivity contribution is -0.325. The van der Waals surface area contributed by atoms with Gasteiger partial charge in [-0.05, 0) is 116 Å². The van der Waals surface area contributed by atoms with E-state index in [1.165, 1.54) is 25.2 Å². The molecule has 7 rings (SSSR count). The first kappa shape index (κ1) is 47.7. The fraction of sp³-hybridized carbons (Fsp3) is 0.353. The first-order valence-electron chi connectivity index (χ1n) is 22.0. The van der Waals surface area contributed by atoms with Gasteiger partial charge < -0.3 is 14.4 Å². The molecule has 0 amide bonds. The number of unbranched alkanes of at least 4 members (excludes halogenated alkanes) is 3. The highest BCUT2D eigenvalue weighted by molar-refractivity contribution is 9.10. The second-order valence-corrected chi connectivity index (χ2v) is 23.0. The van der Waals surface area contributed by atoms with Crippen LogP contribution in [0.1, 0.15) is 90.7 Å². The Balaban J connectivity index is 1.39. The molecule has 0 spiro atoms. The van der Waals surface area contributed by atoms with Crippen molar-refractivity contribution in [3.05, 3.63) is 164 Å². The molecule has 0 saturated heterocycles. The van der Waals surface area contributed by atoms with Gasteiger partial charge in [0.15, 0.2) is 7.05 Å². The highest BCUT2D eigenvalue weighted by Gasteiger charge is 2.43. The molecule has 4 aromatic carbocycles. The molecule has 64 heavy (non-hydrogen) atoms. The Hall–Kier alpha value is -4.27. The van der Waals surface area contributed by atoms with Crippen LogP contribution < -0.4 is 14.1 Å². The lowest BCUT2D eigenvalue weighted by Crippen LogP contribution is -2.37. The minimum absolute atomic E-state index is 0.252. The average Bonchev–Trinajstić information content (AvgIpc) is 3.81. The summed E-state index contributed by atoms with van der Waals surface area (Å²) in [6.45, 7) is 12.5. The van der Waals surface area contributed by atoms with E-state index >= 15 is 8.42 Å². The molecule has 338 valence electrons. The van der Waals surface area contributed by atoms with Crippen LogP contribution in [0.15, 0.2) is 153 Å². The van der Waals surface area contributed by atoms with Crippen LogP contribution in [-0.4, -0.2) is 57.0 Å². The molecule has 3 aliphatic rings. The highest BCUT2D eigenvalue weighted by Crippen LogP contribution is 2.50. The first-order valence-corrected chi connectivity index (χ1v) is 26.6. The van der Waals surface area contributed by atoms with Crippen LogP contribution in [0, 0.1) is 0 Å². The number of allylic oxidation sites excluding steroid dienone is 8. The van der Waals surface area contributed by atoms with Crippen molar-refractivity contribution >= 4 is 80.6 Å². The maximum Gasteiger partial charge on any atom is 0.472 e. The molecule has 2 aliphatic heterocycles. The van der Waals surface area contributed by atoms with Crippen molar-refractivity contribution in [2.75, 3.05) is 40.0 Å². The minimum Gasteiger partial charge on any atom is -0.748 e. The predicted molar refractivity (Wildman–Crippen MR) is 269 cm³/mol. The molecule has 1 fully saturated rings. The standard InChI is InChI=1S/C51H58Br2N4O5S2/c1-7-8-15-32-55-45-28-26-39(52)35-43(45)50(2,3)47(55)30-24-37-22-23-38(49(37)54(6)64(61,62)57(41-18-11-9-12-19-41)42-20-13-10-14-21-42)25-31-48-51(4,5)44-36-40(53)27-29-46(44)56(48)33-16-17-34-63(58,59)60/h9-14,18-21,24-31,35-36H,7-8,15-17,22-23,32-34H2,1-6H3. The van der Waals surface area contributed by atoms with Gasteiger partial charge in [0.25, 0.3) is 0 Å². The van der Waals surface area contributed by atoms with Gasteiger partial charge in [-0.1, -0.05) is 132 Å². The van der Waals surface area contributed by atoms with Gasteiger partial charge in [0, 0.05) is 72.5 Å². The van der Waals surface area contributed by atoms with Crippen LogP contribution in [-0.2, 0) is 31.2 Å². The van der Waals surface area contributed by atoms with Crippen molar-refractivity contribution in [2.45, 2.75) is 90.4 Å². The van der Waals surface area contributed by atoms with Crippen LogP contribution >= 0.6 is 31.9 Å². The molecule has 1 saturated carbocycles. The summed E-state index contributed by atoms with van der Waals surface area (Å²) in [7, 11) is -6.91. The summed E-state index contributed by atoms with van der Waals surface area (Å²) in [5.74, 6) is -0.411. The number of hydrogen-bond acceptors (Lipinski definition) is 7. The maximum absolute atomic E-state index is 15.3. The lowest BCUT2D eigenvalue weighted by Gasteiger charge is -2.27. The van der Waals surface area contributed by atoms with Gasteiger partial charge in [0.2, 0.25) is 5.71 Å². The lowest BCUT2D eigenvalue weighted by atomic mass is 9.83. The van der Waals surface area contributed by atoms with E-state index < -0.39 is 31.5 Å². The molecule has 0 atom stereocenters. The van der Waals surface area contributed by atoms with Crippen LogP contribution in [0.4, 0.5) is 22.7 Å². The van der Waals surface area contributed by atoms with Gasteiger partial charge in [0.05, 0.1) is 21.5 Å². The summed E-state index contributed by atoms with van der Waals surface area (Å²) in [5, 5.41) is 0. The predicted octanol–water partition coefficient (Wildman–Crippen LogP) is 12.2. The zero-order chi connectivity index (χ0) is 46.0. The Morgan fingerprint density at radius 1 is 0.656 bits per heavy atom. The van der Waals surface area contributed by atoms with Gasteiger partial charge >= 0.3 is 10.2 Å². The fourth-order valence-corrected chi connectivity index (χ4v) is 12.2. The number of para-hydroxylation sites is 2. The van der Waals surface area contributed by atoms with E-state index in [0.717, 1.165) is 62.8 Å². The molecule has 9 nitrogen and oxygen atoms in total. The number of benzene rings is 4. The van der Waals surface area contributed by atoms with E-state index in [2.05, 4.69) is 131 Å². The minimum atomic E-state index is -4.33. The summed E-state index contributed by atoms with van der Waals surface area (Å²) in [4.78, 5) is 4.65. The third kappa shape index (κ3) is 9.79. The van der Waals surface area contributed by atoms with Gasteiger partial charge in [-0.15, -0.1) is 8.42 Å². The average molecular weight is 1030 g/mol. The molecule has 13 heteroatoms. The molecule has 0 bridgehead atoms. The van der Waals surface area contributed by atoms with Crippen LogP contribution in [0.5, 0.6) is 0 Å². The first-order chi connectivity index (χ1) is 30.4. The van der Waals surface area contributed by atoms with Crippen LogP contribution in [0.3, 0.4) is 0 Å². The third-order valence-electron chi connectivity index (χ3n) is 12.7. The molecule has 2 heterocycles. The van der Waals surface area contributed by atoms with E-state index in [1.807, 2.05) is 66.7 Å². The Labute approximate surface area is 397 Å². The Bertz CT molecular complexity index is 2740. The summed E-state index contributed by atoms with van der Waals surface area (Å²) >= 11 is 7.39. The van der Waals surface area contributed by atoms with Crippen molar-refractivity contribution in [2.24, 2.45) is 0 Å². The van der Waals surface area contributed by atoms with Crippen molar-refractivity contribution in [1.29, 1.82) is 0 Å². The smallest absolute Gasteiger partial charge is 0.472 e. The van der Waals surface area contributed by atoms with E-state index in [9.17, 15) is 13.0 Å².